The number of hydrogen-bond acceptors (Lipinski definition) is 6. The fourth-order valence-electron chi connectivity index (χ4n) is 1.64. The maximum absolute atomic E-state index is 5.51. The van der Waals surface area contributed by atoms with Crippen molar-refractivity contribution in [3.63, 3.8) is 0 Å². The Kier molecular flexibility index (Phi) is 4.68. The molecule has 2 rings (SSSR count). The first kappa shape index (κ1) is 13.7. The Morgan fingerprint density at radius 3 is 2.53 bits per heavy atom. The maximum Gasteiger partial charge on any atom is 0.191 e. The Labute approximate surface area is 117 Å². The average molecular weight is 278 g/mol. The van der Waals surface area contributed by atoms with Gasteiger partial charge in [0.15, 0.2) is 5.16 Å². The van der Waals surface area contributed by atoms with Crippen LogP contribution >= 0.6 is 11.8 Å². The van der Waals surface area contributed by atoms with E-state index < -0.39 is 0 Å². The van der Waals surface area contributed by atoms with E-state index in [9.17, 15) is 0 Å². The second-order valence-corrected chi connectivity index (χ2v) is 4.79. The van der Waals surface area contributed by atoms with Crippen molar-refractivity contribution in [3.8, 4) is 0 Å². The predicted octanol–water partition coefficient (Wildman–Crippen LogP) is 3.14. The van der Waals surface area contributed by atoms with Crippen LogP contribution in [0.5, 0.6) is 0 Å². The van der Waals surface area contributed by atoms with Crippen LogP contribution in [0.2, 0.25) is 0 Å². The van der Waals surface area contributed by atoms with Crippen molar-refractivity contribution >= 4 is 23.4 Å². The Hall–Kier alpha value is -1.69. The zero-order valence-electron chi connectivity index (χ0n) is 11.4. The van der Waals surface area contributed by atoms with Gasteiger partial charge in [-0.2, -0.15) is 0 Å². The Balaban J connectivity index is 2.08. The molecular formula is C13H18N4OS. The van der Waals surface area contributed by atoms with Crippen LogP contribution in [0.15, 0.2) is 27.8 Å². The SMILES string of the molecule is CCNc1cc(NCc2ccc(C)o2)nc(SC)n1. The van der Waals surface area contributed by atoms with Gasteiger partial charge in [-0.1, -0.05) is 11.8 Å². The molecule has 0 aliphatic rings. The number of nitrogens with zero attached hydrogens (tertiary/aromatic N) is 2. The van der Waals surface area contributed by atoms with Crippen molar-refractivity contribution in [1.82, 2.24) is 9.97 Å². The molecule has 0 spiro atoms. The lowest BCUT2D eigenvalue weighted by atomic mass is 10.4. The van der Waals surface area contributed by atoms with Gasteiger partial charge >= 0.3 is 0 Å². The summed E-state index contributed by atoms with van der Waals surface area (Å²) in [6.45, 7) is 5.43. The van der Waals surface area contributed by atoms with Crippen molar-refractivity contribution in [1.29, 1.82) is 0 Å². The van der Waals surface area contributed by atoms with E-state index in [4.69, 9.17) is 4.42 Å². The van der Waals surface area contributed by atoms with E-state index in [-0.39, 0.29) is 0 Å². The Bertz CT molecular complexity index is 541. The van der Waals surface area contributed by atoms with Crippen LogP contribution in [0, 0.1) is 6.92 Å². The molecule has 2 N–H and O–H groups in total. The summed E-state index contributed by atoms with van der Waals surface area (Å²) in [5, 5.41) is 7.19. The summed E-state index contributed by atoms with van der Waals surface area (Å²) in [5.41, 5.74) is 0. The maximum atomic E-state index is 5.51. The van der Waals surface area contributed by atoms with E-state index in [2.05, 4.69) is 20.6 Å². The fourth-order valence-corrected chi connectivity index (χ4v) is 2.02. The second-order valence-electron chi connectivity index (χ2n) is 4.02. The highest BCUT2D eigenvalue weighted by atomic mass is 32.2. The third-order valence-corrected chi connectivity index (χ3v) is 3.03. The Morgan fingerprint density at radius 1 is 1.21 bits per heavy atom. The van der Waals surface area contributed by atoms with Gasteiger partial charge in [0.25, 0.3) is 0 Å². The van der Waals surface area contributed by atoms with Crippen LogP contribution in [0.1, 0.15) is 18.4 Å². The molecule has 0 radical (unpaired) electrons. The molecule has 2 aromatic heterocycles. The third kappa shape index (κ3) is 3.89. The van der Waals surface area contributed by atoms with E-state index in [0.29, 0.717) is 6.54 Å². The van der Waals surface area contributed by atoms with Crippen LogP contribution in [-0.4, -0.2) is 22.8 Å². The molecule has 0 fully saturated rings. The smallest absolute Gasteiger partial charge is 0.191 e. The van der Waals surface area contributed by atoms with Crippen LogP contribution < -0.4 is 10.6 Å². The normalized spacial score (nSPS) is 10.5. The summed E-state index contributed by atoms with van der Waals surface area (Å²) in [6, 6.07) is 5.82. The molecule has 0 atom stereocenters. The van der Waals surface area contributed by atoms with Gasteiger partial charge in [-0.25, -0.2) is 9.97 Å². The highest BCUT2D eigenvalue weighted by Crippen LogP contribution is 2.18. The minimum atomic E-state index is 0.615. The standard InChI is InChI=1S/C13H18N4OS/c1-4-14-11-7-12(17-13(16-11)19-3)15-8-10-6-5-9(2)18-10/h5-7H,4,8H2,1-3H3,(H2,14,15,16,17). The Morgan fingerprint density at radius 2 is 1.95 bits per heavy atom. The first-order valence-electron chi connectivity index (χ1n) is 6.17. The molecule has 102 valence electrons. The summed E-state index contributed by atoms with van der Waals surface area (Å²) in [7, 11) is 0. The number of aryl methyl sites for hydroxylation is 1. The molecule has 0 saturated heterocycles. The first-order chi connectivity index (χ1) is 9.21. The summed E-state index contributed by atoms with van der Waals surface area (Å²) >= 11 is 1.52. The van der Waals surface area contributed by atoms with Gasteiger partial charge < -0.3 is 15.1 Å². The van der Waals surface area contributed by atoms with Crippen molar-refractivity contribution in [3.05, 3.63) is 29.7 Å². The highest BCUT2D eigenvalue weighted by Gasteiger charge is 2.04. The van der Waals surface area contributed by atoms with Gasteiger partial charge in [0.05, 0.1) is 6.54 Å². The molecule has 0 aliphatic carbocycles. The van der Waals surface area contributed by atoms with Gasteiger partial charge in [0, 0.05) is 12.6 Å². The molecule has 0 bridgehead atoms. The molecule has 0 unspecified atom stereocenters. The van der Waals surface area contributed by atoms with Crippen molar-refractivity contribution in [2.75, 3.05) is 23.4 Å². The lowest BCUT2D eigenvalue weighted by Crippen LogP contribution is -2.05. The molecule has 0 saturated carbocycles. The predicted molar refractivity (Wildman–Crippen MR) is 78.7 cm³/mol. The van der Waals surface area contributed by atoms with Gasteiger partial charge in [0.2, 0.25) is 0 Å². The molecule has 0 amide bonds. The molecule has 19 heavy (non-hydrogen) atoms. The van der Waals surface area contributed by atoms with E-state index in [0.717, 1.165) is 34.9 Å². The summed E-state index contributed by atoms with van der Waals surface area (Å²) in [6.07, 6.45) is 1.96. The second kappa shape index (κ2) is 6.47. The number of aromatic nitrogens is 2. The fraction of sp³-hybridized carbons (Fsp3) is 0.385. The lowest BCUT2D eigenvalue weighted by Gasteiger charge is -2.08. The highest BCUT2D eigenvalue weighted by molar-refractivity contribution is 7.98. The molecule has 5 nitrogen and oxygen atoms in total. The number of thioether (sulfide) groups is 1. The monoisotopic (exact) mass is 278 g/mol. The topological polar surface area (TPSA) is 63.0 Å². The number of anilines is 2. The minimum Gasteiger partial charge on any atom is -0.465 e. The number of nitrogens with one attached hydrogen (secondary N) is 2. The molecular weight excluding hydrogens is 260 g/mol. The van der Waals surface area contributed by atoms with Crippen LogP contribution in [0.25, 0.3) is 0 Å². The zero-order chi connectivity index (χ0) is 13.7. The number of hydrogen-bond donors (Lipinski definition) is 2. The molecule has 0 aromatic carbocycles. The molecule has 2 aromatic rings. The number of furan rings is 1. The van der Waals surface area contributed by atoms with E-state index >= 15 is 0 Å². The first-order valence-corrected chi connectivity index (χ1v) is 7.40. The summed E-state index contributed by atoms with van der Waals surface area (Å²) < 4.78 is 5.51. The van der Waals surface area contributed by atoms with E-state index in [1.54, 1.807) is 0 Å². The van der Waals surface area contributed by atoms with Crippen LogP contribution in [0.4, 0.5) is 11.6 Å². The zero-order valence-corrected chi connectivity index (χ0v) is 12.2. The van der Waals surface area contributed by atoms with Crippen molar-refractivity contribution in [2.45, 2.75) is 25.5 Å². The lowest BCUT2D eigenvalue weighted by molar-refractivity contribution is 0.490. The van der Waals surface area contributed by atoms with Gasteiger partial charge in [0.1, 0.15) is 23.2 Å². The molecule has 6 heteroatoms. The van der Waals surface area contributed by atoms with Gasteiger partial charge in [-0.3, -0.25) is 0 Å². The largest absolute Gasteiger partial charge is 0.465 e. The van der Waals surface area contributed by atoms with E-state index in [1.807, 2.05) is 38.3 Å². The van der Waals surface area contributed by atoms with Crippen LogP contribution in [-0.2, 0) is 6.54 Å². The van der Waals surface area contributed by atoms with Gasteiger partial charge in [-0.05, 0) is 32.2 Å². The van der Waals surface area contributed by atoms with Crippen molar-refractivity contribution in [2.24, 2.45) is 0 Å². The van der Waals surface area contributed by atoms with Gasteiger partial charge in [-0.15, -0.1) is 0 Å². The number of rotatable bonds is 6. The third-order valence-electron chi connectivity index (χ3n) is 2.49. The quantitative estimate of drug-likeness (QED) is 0.625. The summed E-state index contributed by atoms with van der Waals surface area (Å²) in [4.78, 5) is 8.79. The minimum absolute atomic E-state index is 0.615. The van der Waals surface area contributed by atoms with E-state index in [1.165, 1.54) is 11.8 Å². The van der Waals surface area contributed by atoms with Crippen molar-refractivity contribution < 1.29 is 4.42 Å². The molecule has 2 heterocycles. The molecule has 0 aliphatic heterocycles. The summed E-state index contributed by atoms with van der Waals surface area (Å²) in [5.74, 6) is 3.44. The average Bonchev–Trinajstić information content (AvgIpc) is 2.82. The van der Waals surface area contributed by atoms with Crippen LogP contribution in [0.3, 0.4) is 0 Å².